The van der Waals surface area contributed by atoms with E-state index in [0.29, 0.717) is 15.8 Å². The number of pyridine rings is 1. The van der Waals surface area contributed by atoms with E-state index in [1.807, 2.05) is 35.7 Å². The fraction of sp³-hybridized carbons (Fsp3) is 0. The van der Waals surface area contributed by atoms with Crippen molar-refractivity contribution in [2.24, 2.45) is 0 Å². The third-order valence-electron chi connectivity index (χ3n) is 2.68. The molecule has 0 fully saturated rings. The first-order valence-corrected chi connectivity index (χ1v) is 6.03. The number of rotatable bonds is 1. The van der Waals surface area contributed by atoms with Crippen LogP contribution in [0, 0.1) is 0 Å². The Labute approximate surface area is 101 Å². The van der Waals surface area contributed by atoms with Gasteiger partial charge in [0.15, 0.2) is 0 Å². The standard InChI is InChI=1S/C13H9NO2S/c15-13-10-5-2-1-4-9(10)8-11(14(13)16)12-6-3-7-17-12/h1-8,16H. The van der Waals surface area contributed by atoms with Crippen LogP contribution in [0.1, 0.15) is 0 Å². The molecule has 3 nitrogen and oxygen atoms in total. The second kappa shape index (κ2) is 3.75. The highest BCUT2D eigenvalue weighted by Crippen LogP contribution is 2.25. The first-order valence-electron chi connectivity index (χ1n) is 5.15. The largest absolute Gasteiger partial charge is 0.425 e. The van der Waals surface area contributed by atoms with E-state index < -0.39 is 0 Å². The maximum Gasteiger partial charge on any atom is 0.291 e. The highest BCUT2D eigenvalue weighted by molar-refractivity contribution is 7.13. The van der Waals surface area contributed by atoms with E-state index in [4.69, 9.17) is 0 Å². The molecule has 2 aromatic heterocycles. The summed E-state index contributed by atoms with van der Waals surface area (Å²) >= 11 is 1.49. The van der Waals surface area contributed by atoms with Gasteiger partial charge in [-0.05, 0) is 29.0 Å². The normalized spacial score (nSPS) is 10.8. The smallest absolute Gasteiger partial charge is 0.291 e. The molecular formula is C13H9NO2S. The van der Waals surface area contributed by atoms with Crippen LogP contribution in [-0.2, 0) is 0 Å². The summed E-state index contributed by atoms with van der Waals surface area (Å²) in [5.74, 6) is 0. The third kappa shape index (κ3) is 1.54. The quantitative estimate of drug-likeness (QED) is 0.668. The van der Waals surface area contributed by atoms with E-state index in [-0.39, 0.29) is 5.56 Å². The van der Waals surface area contributed by atoms with Crippen LogP contribution < -0.4 is 5.56 Å². The van der Waals surface area contributed by atoms with Gasteiger partial charge in [-0.25, -0.2) is 0 Å². The van der Waals surface area contributed by atoms with E-state index in [0.717, 1.165) is 10.3 Å². The minimum atomic E-state index is -0.383. The highest BCUT2D eigenvalue weighted by Gasteiger charge is 2.10. The highest BCUT2D eigenvalue weighted by atomic mass is 32.1. The summed E-state index contributed by atoms with van der Waals surface area (Å²) in [4.78, 5) is 12.8. The number of hydrogen-bond acceptors (Lipinski definition) is 3. The fourth-order valence-corrected chi connectivity index (χ4v) is 2.58. The van der Waals surface area contributed by atoms with Gasteiger partial charge in [0, 0.05) is 0 Å². The van der Waals surface area contributed by atoms with Gasteiger partial charge >= 0.3 is 0 Å². The predicted molar refractivity (Wildman–Crippen MR) is 68.7 cm³/mol. The molecule has 0 unspecified atom stereocenters. The molecule has 2 heterocycles. The Hall–Kier alpha value is -2.07. The molecule has 17 heavy (non-hydrogen) atoms. The van der Waals surface area contributed by atoms with Crippen molar-refractivity contribution in [1.82, 2.24) is 4.73 Å². The second-order valence-electron chi connectivity index (χ2n) is 3.71. The molecule has 3 aromatic rings. The van der Waals surface area contributed by atoms with Crippen molar-refractivity contribution in [3.63, 3.8) is 0 Å². The van der Waals surface area contributed by atoms with Crippen molar-refractivity contribution >= 4 is 22.1 Å². The number of aromatic nitrogens is 1. The average Bonchev–Trinajstić information content (AvgIpc) is 2.87. The Morgan fingerprint density at radius 1 is 1.12 bits per heavy atom. The van der Waals surface area contributed by atoms with Crippen LogP contribution in [0.3, 0.4) is 0 Å². The molecule has 0 saturated heterocycles. The molecule has 84 valence electrons. The lowest BCUT2D eigenvalue weighted by Crippen LogP contribution is -2.19. The topological polar surface area (TPSA) is 42.2 Å². The Kier molecular flexibility index (Phi) is 2.23. The van der Waals surface area contributed by atoms with Crippen LogP contribution in [-0.4, -0.2) is 9.94 Å². The van der Waals surface area contributed by atoms with Gasteiger partial charge in [-0.1, -0.05) is 24.3 Å². The first-order chi connectivity index (χ1) is 8.27. The minimum absolute atomic E-state index is 0.383. The van der Waals surface area contributed by atoms with E-state index in [9.17, 15) is 10.0 Å². The molecule has 0 amide bonds. The van der Waals surface area contributed by atoms with Crippen LogP contribution in [0.4, 0.5) is 0 Å². The first kappa shape index (κ1) is 10.1. The SMILES string of the molecule is O=c1c2ccccc2cc(-c2cccs2)n1O. The monoisotopic (exact) mass is 243 g/mol. The number of nitrogens with zero attached hydrogens (tertiary/aromatic N) is 1. The number of benzene rings is 1. The van der Waals surface area contributed by atoms with Gasteiger partial charge in [0.2, 0.25) is 0 Å². The lowest BCUT2D eigenvalue weighted by Gasteiger charge is -2.06. The van der Waals surface area contributed by atoms with Crippen LogP contribution in [0.15, 0.2) is 52.6 Å². The molecule has 1 aromatic carbocycles. The molecule has 4 heteroatoms. The Morgan fingerprint density at radius 3 is 2.71 bits per heavy atom. The summed E-state index contributed by atoms with van der Waals surface area (Å²) in [7, 11) is 0. The lowest BCUT2D eigenvalue weighted by molar-refractivity contribution is 0.181. The van der Waals surface area contributed by atoms with Gasteiger partial charge in [0.1, 0.15) is 5.69 Å². The maximum absolute atomic E-state index is 12.0. The Morgan fingerprint density at radius 2 is 1.94 bits per heavy atom. The molecular weight excluding hydrogens is 234 g/mol. The van der Waals surface area contributed by atoms with Crippen molar-refractivity contribution in [1.29, 1.82) is 0 Å². The summed E-state index contributed by atoms with van der Waals surface area (Å²) in [6.07, 6.45) is 0. The Balaban J connectivity index is 2.42. The average molecular weight is 243 g/mol. The second-order valence-corrected chi connectivity index (χ2v) is 4.66. The van der Waals surface area contributed by atoms with Crippen LogP contribution >= 0.6 is 11.3 Å². The maximum atomic E-state index is 12.0. The molecule has 0 aliphatic rings. The van der Waals surface area contributed by atoms with Crippen molar-refractivity contribution < 1.29 is 5.21 Å². The van der Waals surface area contributed by atoms with Crippen LogP contribution in [0.25, 0.3) is 21.3 Å². The molecule has 0 aliphatic carbocycles. The van der Waals surface area contributed by atoms with Gasteiger partial charge in [-0.2, -0.15) is 0 Å². The zero-order valence-corrected chi connectivity index (χ0v) is 9.65. The van der Waals surface area contributed by atoms with E-state index >= 15 is 0 Å². The molecule has 0 saturated carbocycles. The fourth-order valence-electron chi connectivity index (χ4n) is 1.85. The summed E-state index contributed by atoms with van der Waals surface area (Å²) < 4.78 is 0.716. The molecule has 0 aliphatic heterocycles. The van der Waals surface area contributed by atoms with Crippen LogP contribution in [0.2, 0.25) is 0 Å². The minimum Gasteiger partial charge on any atom is -0.425 e. The van der Waals surface area contributed by atoms with E-state index in [1.165, 1.54) is 11.3 Å². The third-order valence-corrected chi connectivity index (χ3v) is 3.57. The zero-order valence-electron chi connectivity index (χ0n) is 8.83. The summed E-state index contributed by atoms with van der Waals surface area (Å²) in [6.45, 7) is 0. The summed E-state index contributed by atoms with van der Waals surface area (Å²) in [5, 5.41) is 13.2. The molecule has 0 bridgehead atoms. The van der Waals surface area contributed by atoms with Crippen molar-refractivity contribution in [2.75, 3.05) is 0 Å². The van der Waals surface area contributed by atoms with E-state index in [1.54, 1.807) is 12.1 Å². The number of fused-ring (bicyclic) bond motifs is 1. The number of hydrogen-bond donors (Lipinski definition) is 1. The van der Waals surface area contributed by atoms with Crippen molar-refractivity contribution in [3.8, 4) is 10.6 Å². The molecule has 0 spiro atoms. The van der Waals surface area contributed by atoms with Gasteiger partial charge in [0.25, 0.3) is 5.56 Å². The molecule has 0 radical (unpaired) electrons. The zero-order chi connectivity index (χ0) is 11.8. The Bertz CT molecular complexity index is 729. The molecule has 3 rings (SSSR count). The van der Waals surface area contributed by atoms with Gasteiger partial charge in [0.05, 0.1) is 10.3 Å². The van der Waals surface area contributed by atoms with Gasteiger partial charge < -0.3 is 5.21 Å². The van der Waals surface area contributed by atoms with Crippen LogP contribution in [0.5, 0.6) is 0 Å². The summed E-state index contributed by atoms with van der Waals surface area (Å²) in [5.41, 5.74) is 0.148. The molecule has 1 N–H and O–H groups in total. The van der Waals surface area contributed by atoms with Crippen molar-refractivity contribution in [3.05, 3.63) is 58.2 Å². The predicted octanol–water partition coefficient (Wildman–Crippen LogP) is 2.97. The number of thiophene rings is 1. The summed E-state index contributed by atoms with van der Waals surface area (Å²) in [6, 6.07) is 12.8. The van der Waals surface area contributed by atoms with Gasteiger partial charge in [-0.3, -0.25) is 4.79 Å². The molecule has 0 atom stereocenters. The van der Waals surface area contributed by atoms with Gasteiger partial charge in [-0.15, -0.1) is 16.1 Å². The van der Waals surface area contributed by atoms with E-state index in [2.05, 4.69) is 0 Å². The van der Waals surface area contributed by atoms with Crippen molar-refractivity contribution in [2.45, 2.75) is 0 Å². The lowest BCUT2D eigenvalue weighted by atomic mass is 10.1.